The van der Waals surface area contributed by atoms with Gasteiger partial charge < -0.3 is 8.98 Å². The second kappa shape index (κ2) is 10.3. The van der Waals surface area contributed by atoms with E-state index in [1.165, 1.54) is 42.3 Å². The Morgan fingerprint density at radius 1 is 0.654 bits per heavy atom. The van der Waals surface area contributed by atoms with Crippen LogP contribution in [0.1, 0.15) is 25.0 Å². The molecule has 5 heterocycles. The van der Waals surface area contributed by atoms with Crippen molar-refractivity contribution in [1.29, 1.82) is 0 Å². The van der Waals surface area contributed by atoms with E-state index in [2.05, 4.69) is 85.1 Å². The van der Waals surface area contributed by atoms with E-state index in [1.807, 2.05) is 47.7 Å². The summed E-state index contributed by atoms with van der Waals surface area (Å²) >= 11 is 1.84. The van der Waals surface area contributed by atoms with Gasteiger partial charge in [-0.1, -0.05) is 91.5 Å². The lowest BCUT2D eigenvalue weighted by Gasteiger charge is -2.35. The number of rotatable bonds is 2. The smallest absolute Gasteiger partial charge is 0.160 e. The van der Waals surface area contributed by atoms with Crippen LogP contribution in [0.25, 0.3) is 92.4 Å². The van der Waals surface area contributed by atoms with Gasteiger partial charge in [0.25, 0.3) is 0 Å². The van der Waals surface area contributed by atoms with Crippen molar-refractivity contribution in [3.05, 3.63) is 114 Å². The van der Waals surface area contributed by atoms with E-state index in [0.29, 0.717) is 28.0 Å². The van der Waals surface area contributed by atoms with Crippen LogP contribution in [0.15, 0.2) is 108 Å². The van der Waals surface area contributed by atoms with Crippen molar-refractivity contribution in [3.63, 3.8) is 0 Å². The highest BCUT2D eigenvalue weighted by atomic mass is 32.1. The minimum absolute atomic E-state index is 0.203. The summed E-state index contributed by atoms with van der Waals surface area (Å²) < 4.78 is 10.2. The SMILES string of the molecule is [B]c1c([B])c([B])c2c(-c3cccc4c3oc3ccccc34)nc(-c3ccc4c(c3)C(C)(C)c3cccc5c6c7ccccc7sc6n-4c35)nc2c1[B]. The zero-order valence-corrected chi connectivity index (χ0v) is 29.1. The molecule has 0 saturated heterocycles. The maximum absolute atomic E-state index is 6.73. The zero-order chi connectivity index (χ0) is 35.2. The molecule has 10 aromatic rings. The summed E-state index contributed by atoms with van der Waals surface area (Å²) in [4.78, 5) is 11.6. The van der Waals surface area contributed by atoms with Gasteiger partial charge in [-0.25, -0.2) is 9.97 Å². The number of benzene rings is 6. The average molecular weight is 673 g/mol. The third-order valence-corrected chi connectivity index (χ3v) is 12.3. The lowest BCUT2D eigenvalue weighted by molar-refractivity contribution is 0.630. The Balaban J connectivity index is 1.21. The quantitative estimate of drug-likeness (QED) is 0.186. The molecule has 0 spiro atoms. The van der Waals surface area contributed by atoms with Crippen molar-refractivity contribution in [2.75, 3.05) is 0 Å². The number of thiophene rings is 1. The lowest BCUT2D eigenvalue weighted by Crippen LogP contribution is -2.48. The zero-order valence-electron chi connectivity index (χ0n) is 28.3. The van der Waals surface area contributed by atoms with Gasteiger partial charge in [0.05, 0.1) is 22.4 Å². The monoisotopic (exact) mass is 673 g/mol. The first kappa shape index (κ1) is 30.1. The molecule has 11 rings (SSSR count). The Bertz CT molecular complexity index is 3230. The summed E-state index contributed by atoms with van der Waals surface area (Å²) in [5.41, 5.74) is 9.58. The van der Waals surface area contributed by atoms with Gasteiger partial charge in [-0.05, 0) is 47.5 Å². The molecule has 8 radical (unpaired) electrons. The van der Waals surface area contributed by atoms with E-state index in [9.17, 15) is 0 Å². The van der Waals surface area contributed by atoms with Crippen molar-refractivity contribution >= 4 is 129 Å². The first-order valence-electron chi connectivity index (χ1n) is 17.2. The average Bonchev–Trinajstić information content (AvgIpc) is 3.84. The van der Waals surface area contributed by atoms with Gasteiger partial charge in [-0.3, -0.25) is 0 Å². The van der Waals surface area contributed by atoms with Crippen molar-refractivity contribution in [2.24, 2.45) is 0 Å². The molecule has 1 aliphatic heterocycles. The van der Waals surface area contributed by atoms with Crippen molar-refractivity contribution in [1.82, 2.24) is 14.5 Å². The van der Waals surface area contributed by atoms with Gasteiger partial charge in [-0.2, -0.15) is 0 Å². The van der Waals surface area contributed by atoms with E-state index < -0.39 is 0 Å². The van der Waals surface area contributed by atoms with Crippen LogP contribution in [0, 0.1) is 0 Å². The molecule has 0 N–H and O–H groups in total. The maximum Gasteiger partial charge on any atom is 0.160 e. The fourth-order valence-corrected chi connectivity index (χ4v) is 9.75. The fourth-order valence-electron chi connectivity index (χ4n) is 8.51. The molecule has 234 valence electrons. The van der Waals surface area contributed by atoms with Crippen molar-refractivity contribution in [2.45, 2.75) is 19.3 Å². The molecule has 0 fully saturated rings. The Hall–Kier alpha value is -5.52. The van der Waals surface area contributed by atoms with Crippen LogP contribution in [-0.4, -0.2) is 45.9 Å². The molecule has 4 nitrogen and oxygen atoms in total. The molecule has 0 atom stereocenters. The molecule has 0 bridgehead atoms. The summed E-state index contributed by atoms with van der Waals surface area (Å²) in [5, 5.41) is 6.39. The maximum atomic E-state index is 6.73. The number of hydrogen-bond donors (Lipinski definition) is 0. The highest BCUT2D eigenvalue weighted by Gasteiger charge is 2.36. The van der Waals surface area contributed by atoms with Gasteiger partial charge in [0, 0.05) is 53.6 Å². The van der Waals surface area contributed by atoms with Crippen molar-refractivity contribution in [3.8, 4) is 28.3 Å². The Morgan fingerprint density at radius 3 is 2.25 bits per heavy atom. The third kappa shape index (κ3) is 3.76. The molecular weight excluding hydrogens is 650 g/mol. The summed E-state index contributed by atoms with van der Waals surface area (Å²) in [6.07, 6.45) is 0. The van der Waals surface area contributed by atoms with Crippen molar-refractivity contribution < 1.29 is 4.42 Å². The second-order valence-electron chi connectivity index (χ2n) is 14.2. The fraction of sp³-hybridized carbons (Fsp3) is 0.0698. The summed E-state index contributed by atoms with van der Waals surface area (Å²) in [6.45, 7) is 4.59. The largest absolute Gasteiger partial charge is 0.455 e. The minimum Gasteiger partial charge on any atom is -0.455 e. The van der Waals surface area contributed by atoms with Gasteiger partial charge in [0.1, 0.15) is 47.4 Å². The molecule has 9 heteroatoms. The number of furan rings is 1. The predicted octanol–water partition coefficient (Wildman–Crippen LogP) is 6.99. The topological polar surface area (TPSA) is 43.9 Å². The van der Waals surface area contributed by atoms with Gasteiger partial charge in [0.15, 0.2) is 5.82 Å². The minimum atomic E-state index is -0.320. The van der Waals surface area contributed by atoms with E-state index >= 15 is 0 Å². The van der Waals surface area contributed by atoms with Gasteiger partial charge >= 0.3 is 0 Å². The van der Waals surface area contributed by atoms with Crippen LogP contribution >= 0.6 is 11.3 Å². The van der Waals surface area contributed by atoms with Gasteiger partial charge in [0.2, 0.25) is 0 Å². The third-order valence-electron chi connectivity index (χ3n) is 11.1. The highest BCUT2D eigenvalue weighted by molar-refractivity contribution is 7.25. The molecule has 0 aliphatic carbocycles. The predicted molar refractivity (Wildman–Crippen MR) is 221 cm³/mol. The molecular formula is C43H23B4N3OS. The van der Waals surface area contributed by atoms with Crippen LogP contribution in [0.2, 0.25) is 0 Å². The molecule has 0 saturated carbocycles. The normalized spacial score (nSPS) is 13.7. The molecule has 4 aromatic heterocycles. The molecule has 6 aromatic carbocycles. The lowest BCUT2D eigenvalue weighted by atomic mass is 9.65. The van der Waals surface area contributed by atoms with Crippen LogP contribution < -0.4 is 21.9 Å². The Kier molecular flexibility index (Phi) is 5.97. The Labute approximate surface area is 308 Å². The van der Waals surface area contributed by atoms with E-state index in [-0.39, 0.29) is 27.3 Å². The van der Waals surface area contributed by atoms with Crippen LogP contribution in [-0.2, 0) is 5.41 Å². The van der Waals surface area contributed by atoms with Crippen LogP contribution in [0.3, 0.4) is 0 Å². The number of para-hydroxylation sites is 3. The first-order valence-corrected chi connectivity index (χ1v) is 18.0. The number of aromatic nitrogens is 3. The molecule has 1 aliphatic rings. The van der Waals surface area contributed by atoms with Crippen LogP contribution in [0.5, 0.6) is 0 Å². The van der Waals surface area contributed by atoms with E-state index in [1.54, 1.807) is 0 Å². The summed E-state index contributed by atoms with van der Waals surface area (Å²) in [7, 11) is 26.3. The van der Waals surface area contributed by atoms with E-state index in [4.69, 9.17) is 45.8 Å². The molecule has 0 unspecified atom stereocenters. The first-order chi connectivity index (χ1) is 25.2. The van der Waals surface area contributed by atoms with Crippen LogP contribution in [0.4, 0.5) is 0 Å². The summed E-state index contributed by atoms with van der Waals surface area (Å²) in [6, 6.07) is 35.9. The van der Waals surface area contributed by atoms with Gasteiger partial charge in [-0.15, -0.1) is 22.3 Å². The Morgan fingerprint density at radius 2 is 1.38 bits per heavy atom. The second-order valence-corrected chi connectivity index (χ2v) is 15.3. The number of fused-ring (bicyclic) bond motifs is 11. The van der Waals surface area contributed by atoms with E-state index in [0.717, 1.165) is 33.2 Å². The highest BCUT2D eigenvalue weighted by Crippen LogP contribution is 2.51. The standard InChI is InChI=1S/C43H23B4N3OS/c1-43(2)26-14-8-12-24-31-23-10-4-6-16-30(23)52-42(31)50(39(24)26)28-18-17-20(19-27(28)43)41-48-37(32-33(44)34(45)35(46)36(47)38(32)49-41)25-13-7-11-22-21-9-3-5-15-29(21)51-40(22)25/h3-19H,1-2H3. The molecule has 0 amide bonds. The number of nitrogens with zero attached hydrogens (tertiary/aromatic N) is 3. The molecule has 52 heavy (non-hydrogen) atoms. The number of hydrogen-bond acceptors (Lipinski definition) is 4. The summed E-state index contributed by atoms with van der Waals surface area (Å²) in [5.74, 6) is 0.494.